The van der Waals surface area contributed by atoms with Crippen LogP contribution < -0.4 is 0 Å². The van der Waals surface area contributed by atoms with E-state index in [-0.39, 0.29) is 24.3 Å². The van der Waals surface area contributed by atoms with Crippen molar-refractivity contribution in [3.05, 3.63) is 47.8 Å². The molecule has 2 amide bonds. The molecule has 0 saturated carbocycles. The number of carbonyl (C=O) groups is 3. The molecule has 28 heavy (non-hydrogen) atoms. The van der Waals surface area contributed by atoms with Gasteiger partial charge in [-0.2, -0.15) is 5.10 Å². The number of piperidine rings is 1. The summed E-state index contributed by atoms with van der Waals surface area (Å²) in [4.78, 5) is 39.1. The smallest absolute Gasteiger partial charge is 0.306 e. The van der Waals surface area contributed by atoms with Crippen molar-refractivity contribution in [3.8, 4) is 5.69 Å². The van der Waals surface area contributed by atoms with Gasteiger partial charge in [-0.15, -0.1) is 0 Å². The maximum atomic E-state index is 12.6. The predicted octanol–water partition coefficient (Wildman–Crippen LogP) is 1.58. The van der Waals surface area contributed by atoms with Gasteiger partial charge < -0.3 is 14.9 Å². The maximum absolute atomic E-state index is 12.6. The van der Waals surface area contributed by atoms with Gasteiger partial charge in [0.25, 0.3) is 5.91 Å². The molecule has 148 valence electrons. The van der Waals surface area contributed by atoms with Crippen molar-refractivity contribution >= 4 is 17.8 Å². The molecule has 1 aromatic heterocycles. The third kappa shape index (κ3) is 4.21. The van der Waals surface area contributed by atoms with Gasteiger partial charge in [0.05, 0.1) is 18.2 Å². The molecule has 3 rings (SSSR count). The van der Waals surface area contributed by atoms with Gasteiger partial charge in [0, 0.05) is 37.6 Å². The van der Waals surface area contributed by atoms with Crippen LogP contribution in [-0.2, 0) is 9.59 Å². The zero-order valence-electron chi connectivity index (χ0n) is 16.0. The fourth-order valence-electron chi connectivity index (χ4n) is 3.36. The van der Waals surface area contributed by atoms with E-state index in [2.05, 4.69) is 5.10 Å². The first-order valence-electron chi connectivity index (χ1n) is 9.24. The van der Waals surface area contributed by atoms with E-state index in [4.69, 9.17) is 5.11 Å². The number of hydrogen-bond donors (Lipinski definition) is 1. The van der Waals surface area contributed by atoms with Crippen molar-refractivity contribution in [2.24, 2.45) is 5.92 Å². The van der Waals surface area contributed by atoms with Gasteiger partial charge >= 0.3 is 5.97 Å². The highest BCUT2D eigenvalue weighted by Gasteiger charge is 2.28. The Hall–Kier alpha value is -3.16. The van der Waals surface area contributed by atoms with Crippen LogP contribution in [0, 0.1) is 12.8 Å². The van der Waals surface area contributed by atoms with Crippen LogP contribution in [0.5, 0.6) is 0 Å². The van der Waals surface area contributed by atoms with Gasteiger partial charge in [0.1, 0.15) is 0 Å². The van der Waals surface area contributed by atoms with Crippen LogP contribution in [0.25, 0.3) is 5.69 Å². The SMILES string of the molecule is Cc1ccnn1-c1ccc(C(=O)N(C)CC(=O)N2CCC(C(=O)O)CC2)cc1. The van der Waals surface area contributed by atoms with E-state index in [1.54, 1.807) is 35.0 Å². The van der Waals surface area contributed by atoms with Gasteiger partial charge in [-0.1, -0.05) is 0 Å². The molecule has 1 saturated heterocycles. The summed E-state index contributed by atoms with van der Waals surface area (Å²) >= 11 is 0. The first-order chi connectivity index (χ1) is 13.4. The Balaban J connectivity index is 1.58. The molecule has 0 radical (unpaired) electrons. The molecule has 0 aliphatic carbocycles. The first kappa shape index (κ1) is 19.6. The number of likely N-dealkylation sites (N-methyl/N-ethyl adjacent to an activating group) is 1. The summed E-state index contributed by atoms with van der Waals surface area (Å²) in [5.74, 6) is -1.60. The Labute approximate surface area is 163 Å². The van der Waals surface area contributed by atoms with E-state index < -0.39 is 5.97 Å². The minimum Gasteiger partial charge on any atom is -0.481 e. The van der Waals surface area contributed by atoms with E-state index >= 15 is 0 Å². The van der Waals surface area contributed by atoms with Gasteiger partial charge in [0.15, 0.2) is 0 Å². The van der Waals surface area contributed by atoms with E-state index in [1.807, 2.05) is 25.1 Å². The number of carboxylic acids is 1. The summed E-state index contributed by atoms with van der Waals surface area (Å²) in [7, 11) is 1.59. The molecule has 1 aliphatic heterocycles. The summed E-state index contributed by atoms with van der Waals surface area (Å²) in [6.07, 6.45) is 2.62. The topological polar surface area (TPSA) is 95.7 Å². The average Bonchev–Trinajstić information content (AvgIpc) is 3.13. The number of aryl methyl sites for hydroxylation is 1. The Morgan fingerprint density at radius 2 is 1.79 bits per heavy atom. The van der Waals surface area contributed by atoms with Crippen LogP contribution in [0.4, 0.5) is 0 Å². The van der Waals surface area contributed by atoms with Crippen molar-refractivity contribution in [1.82, 2.24) is 19.6 Å². The molecule has 0 unspecified atom stereocenters. The van der Waals surface area contributed by atoms with Crippen LogP contribution in [0.2, 0.25) is 0 Å². The molecule has 0 spiro atoms. The van der Waals surface area contributed by atoms with Crippen LogP contribution in [-0.4, -0.2) is 69.2 Å². The Morgan fingerprint density at radius 3 is 2.32 bits per heavy atom. The molecule has 1 aromatic carbocycles. The molecule has 8 nitrogen and oxygen atoms in total. The van der Waals surface area contributed by atoms with Crippen molar-refractivity contribution in [3.63, 3.8) is 0 Å². The monoisotopic (exact) mass is 384 g/mol. The zero-order valence-corrected chi connectivity index (χ0v) is 16.0. The van der Waals surface area contributed by atoms with Crippen molar-refractivity contribution in [2.45, 2.75) is 19.8 Å². The number of aromatic nitrogens is 2. The Morgan fingerprint density at radius 1 is 1.14 bits per heavy atom. The summed E-state index contributed by atoms with van der Waals surface area (Å²) in [5.41, 5.74) is 2.35. The lowest BCUT2D eigenvalue weighted by Gasteiger charge is -2.31. The number of nitrogens with zero attached hydrogens (tertiary/aromatic N) is 4. The number of amides is 2. The zero-order chi connectivity index (χ0) is 20.3. The summed E-state index contributed by atoms with van der Waals surface area (Å²) in [5, 5.41) is 13.3. The van der Waals surface area contributed by atoms with Gasteiger partial charge in [-0.05, 0) is 50.1 Å². The van der Waals surface area contributed by atoms with Crippen LogP contribution in [0.15, 0.2) is 36.5 Å². The first-order valence-corrected chi connectivity index (χ1v) is 9.24. The fourth-order valence-corrected chi connectivity index (χ4v) is 3.36. The minimum atomic E-state index is -0.812. The predicted molar refractivity (Wildman–Crippen MR) is 102 cm³/mol. The van der Waals surface area contributed by atoms with Crippen LogP contribution >= 0.6 is 0 Å². The van der Waals surface area contributed by atoms with Crippen LogP contribution in [0.1, 0.15) is 28.9 Å². The second-order valence-electron chi connectivity index (χ2n) is 7.09. The van der Waals surface area contributed by atoms with Crippen molar-refractivity contribution in [2.75, 3.05) is 26.7 Å². The number of aliphatic carboxylic acids is 1. The van der Waals surface area contributed by atoms with Crippen molar-refractivity contribution in [1.29, 1.82) is 0 Å². The molecular formula is C20H24N4O4. The second-order valence-corrected chi connectivity index (χ2v) is 7.09. The van der Waals surface area contributed by atoms with Crippen molar-refractivity contribution < 1.29 is 19.5 Å². The number of benzene rings is 1. The third-order valence-corrected chi connectivity index (χ3v) is 5.11. The highest BCUT2D eigenvalue weighted by molar-refractivity contribution is 5.96. The number of likely N-dealkylation sites (tertiary alicyclic amines) is 1. The highest BCUT2D eigenvalue weighted by atomic mass is 16.4. The molecule has 1 aliphatic rings. The Kier molecular flexibility index (Phi) is 5.77. The minimum absolute atomic E-state index is 0.0312. The lowest BCUT2D eigenvalue weighted by atomic mass is 9.97. The molecule has 8 heteroatoms. The van der Waals surface area contributed by atoms with E-state index in [9.17, 15) is 14.4 Å². The number of hydrogen-bond acceptors (Lipinski definition) is 4. The van der Waals surface area contributed by atoms with Gasteiger partial charge in [-0.3, -0.25) is 14.4 Å². The van der Waals surface area contributed by atoms with E-state index in [0.29, 0.717) is 31.5 Å². The van der Waals surface area contributed by atoms with Gasteiger partial charge in [-0.25, -0.2) is 4.68 Å². The number of carbonyl (C=O) groups excluding carboxylic acids is 2. The summed E-state index contributed by atoms with van der Waals surface area (Å²) in [6, 6.07) is 8.98. The van der Waals surface area contributed by atoms with E-state index in [1.165, 1.54) is 4.90 Å². The lowest BCUT2D eigenvalue weighted by molar-refractivity contribution is -0.145. The van der Waals surface area contributed by atoms with E-state index in [0.717, 1.165) is 11.4 Å². The largest absolute Gasteiger partial charge is 0.481 e. The molecule has 1 fully saturated rings. The molecule has 1 N–H and O–H groups in total. The summed E-state index contributed by atoms with van der Waals surface area (Å²) < 4.78 is 1.78. The molecule has 0 atom stereocenters. The number of carboxylic acid groups (broad SMARTS) is 1. The quantitative estimate of drug-likeness (QED) is 0.844. The molecule has 2 aromatic rings. The fraction of sp³-hybridized carbons (Fsp3) is 0.400. The normalized spacial score (nSPS) is 14.7. The summed E-state index contributed by atoms with van der Waals surface area (Å²) in [6.45, 7) is 2.74. The lowest BCUT2D eigenvalue weighted by Crippen LogP contribution is -2.45. The standard InChI is InChI=1S/C20H24N4O4/c1-14-7-10-21-24(14)17-5-3-15(4-6-17)19(26)22(2)13-18(25)23-11-8-16(9-12-23)20(27)28/h3-7,10,16H,8-9,11-13H2,1-2H3,(H,27,28). The van der Waals surface area contributed by atoms with Crippen LogP contribution in [0.3, 0.4) is 0 Å². The Bertz CT molecular complexity index is 867. The molecule has 2 heterocycles. The average molecular weight is 384 g/mol. The highest BCUT2D eigenvalue weighted by Crippen LogP contribution is 2.18. The second kappa shape index (κ2) is 8.24. The maximum Gasteiger partial charge on any atom is 0.306 e. The third-order valence-electron chi connectivity index (χ3n) is 5.11. The number of rotatable bonds is 5. The molecular weight excluding hydrogens is 360 g/mol. The van der Waals surface area contributed by atoms with Gasteiger partial charge in [0.2, 0.25) is 5.91 Å². The molecule has 0 bridgehead atoms.